The van der Waals surface area contributed by atoms with Gasteiger partial charge in [0.2, 0.25) is 0 Å². The number of benzene rings is 2. The zero-order valence-corrected chi connectivity index (χ0v) is 16.4. The van der Waals surface area contributed by atoms with Gasteiger partial charge in [0.05, 0.1) is 0 Å². The first-order chi connectivity index (χ1) is 12.7. The van der Waals surface area contributed by atoms with Crippen molar-refractivity contribution < 1.29 is 9.53 Å². The van der Waals surface area contributed by atoms with Gasteiger partial charge in [-0.2, -0.15) is 0 Å². The van der Waals surface area contributed by atoms with Crippen molar-refractivity contribution in [2.24, 2.45) is 0 Å². The van der Waals surface area contributed by atoms with E-state index in [0.717, 1.165) is 24.1 Å². The molecule has 2 aromatic carbocycles. The van der Waals surface area contributed by atoms with E-state index in [0.29, 0.717) is 0 Å². The first-order valence-corrected chi connectivity index (χ1v) is 9.90. The number of hydrogen-bond donors (Lipinski definition) is 0. The SMILES string of the molecule is O=C(I)C1B(c2cbc(Oc3ccccc3)cc2)CCc2ccccc21. The molecule has 0 N–H and O–H groups in total. The Morgan fingerprint density at radius 2 is 1.81 bits per heavy atom. The van der Waals surface area contributed by atoms with E-state index in [1.165, 1.54) is 16.6 Å². The molecule has 1 unspecified atom stereocenters. The van der Waals surface area contributed by atoms with Crippen molar-refractivity contribution in [1.29, 1.82) is 0 Å². The molecule has 0 saturated heterocycles. The van der Waals surface area contributed by atoms with Gasteiger partial charge >= 0.3 is 169 Å². The predicted molar refractivity (Wildman–Crippen MR) is 116 cm³/mol. The molecule has 0 bridgehead atoms. The fourth-order valence-electron chi connectivity index (χ4n) is 3.81. The molecule has 2 nitrogen and oxygen atoms in total. The van der Waals surface area contributed by atoms with Crippen LogP contribution in [0.2, 0.25) is 6.32 Å². The summed E-state index contributed by atoms with van der Waals surface area (Å²) in [4.78, 5) is 12.4. The average Bonchev–Trinajstić information content (AvgIpc) is 2.68. The number of ether oxygens (including phenoxy) is 1. The summed E-state index contributed by atoms with van der Waals surface area (Å²) in [5.74, 6) is 2.86. The van der Waals surface area contributed by atoms with Crippen LogP contribution in [0.1, 0.15) is 16.9 Å². The molecule has 0 spiro atoms. The molecule has 126 valence electrons. The minimum atomic E-state index is -0.0681. The van der Waals surface area contributed by atoms with Crippen LogP contribution in [0, 0.1) is 0 Å². The molecule has 5 heteroatoms. The van der Waals surface area contributed by atoms with Crippen molar-refractivity contribution in [1.82, 2.24) is 0 Å². The molecule has 1 aliphatic heterocycles. The molecule has 1 atom stereocenters. The van der Waals surface area contributed by atoms with Gasteiger partial charge < -0.3 is 0 Å². The molecule has 26 heavy (non-hydrogen) atoms. The Hall–Kier alpha value is -1.88. The second-order valence-electron chi connectivity index (χ2n) is 6.61. The van der Waals surface area contributed by atoms with Gasteiger partial charge in [0.1, 0.15) is 0 Å². The zero-order chi connectivity index (χ0) is 17.9. The maximum absolute atomic E-state index is 12.4. The number of carbonyl (C=O) groups is 1. The van der Waals surface area contributed by atoms with Gasteiger partial charge in [-0.25, -0.2) is 0 Å². The number of halogens is 1. The standard InChI is InChI=1S/C21H17B2IO2/c24-21(25)20-18-9-5-4-6-15(18)12-13-23(20)16-10-11-19(22-14-16)26-17-7-2-1-3-8-17/h1-11,14,20H,12-13H2. The second kappa shape index (κ2) is 7.78. The number of aryl methyl sites for hydroxylation is 1. The molecule has 0 amide bonds. The number of para-hydroxylation sites is 1. The monoisotopic (exact) mass is 450 g/mol. The van der Waals surface area contributed by atoms with Crippen LogP contribution in [0.5, 0.6) is 11.4 Å². The normalized spacial score (nSPS) is 15.9. The van der Waals surface area contributed by atoms with E-state index in [2.05, 4.69) is 30.2 Å². The topological polar surface area (TPSA) is 26.3 Å². The first-order valence-electron chi connectivity index (χ1n) is 8.82. The third-order valence-electron chi connectivity index (χ3n) is 5.05. The molecule has 1 aliphatic rings. The molecule has 2 heterocycles. The van der Waals surface area contributed by atoms with Gasteiger partial charge in [0.15, 0.2) is 0 Å². The van der Waals surface area contributed by atoms with E-state index in [-0.39, 0.29) is 16.3 Å². The first kappa shape index (κ1) is 17.5. The van der Waals surface area contributed by atoms with E-state index >= 15 is 0 Å². The quantitative estimate of drug-likeness (QED) is 0.336. The van der Waals surface area contributed by atoms with Gasteiger partial charge in [0.25, 0.3) is 0 Å². The Morgan fingerprint density at radius 1 is 1.04 bits per heavy atom. The van der Waals surface area contributed by atoms with Crippen LogP contribution in [0.25, 0.3) is 0 Å². The van der Waals surface area contributed by atoms with Crippen molar-refractivity contribution >= 4 is 45.5 Å². The Bertz CT molecular complexity index is 913. The van der Waals surface area contributed by atoms with Gasteiger partial charge in [0, 0.05) is 0 Å². The van der Waals surface area contributed by atoms with E-state index in [1.54, 1.807) is 0 Å². The summed E-state index contributed by atoms with van der Waals surface area (Å²) in [5.41, 5.74) is 4.51. The summed E-state index contributed by atoms with van der Waals surface area (Å²) in [5, 5.41) is 0. The van der Waals surface area contributed by atoms with Crippen molar-refractivity contribution in [2.75, 3.05) is 0 Å². The summed E-state index contributed by atoms with van der Waals surface area (Å²) in [7, 11) is 0. The predicted octanol–water partition coefficient (Wildman–Crippen LogP) is 4.36. The van der Waals surface area contributed by atoms with E-state index < -0.39 is 0 Å². The molecule has 3 aromatic rings. The van der Waals surface area contributed by atoms with Crippen LogP contribution in [0.15, 0.2) is 72.7 Å². The minimum absolute atomic E-state index is 0.0681. The average molecular weight is 450 g/mol. The van der Waals surface area contributed by atoms with E-state index in [1.807, 2.05) is 72.0 Å². The van der Waals surface area contributed by atoms with E-state index in [9.17, 15) is 4.79 Å². The third-order valence-corrected chi connectivity index (χ3v) is 5.72. The molecule has 4 rings (SSSR count). The molecule has 1 aromatic heterocycles. The second-order valence-corrected chi connectivity index (χ2v) is 7.67. The third kappa shape index (κ3) is 3.63. The number of hydrogen-bond acceptors (Lipinski definition) is 2. The number of rotatable bonds is 4. The molecule has 0 saturated carbocycles. The maximum atomic E-state index is 12.4. The molecule has 0 fully saturated rings. The summed E-state index contributed by atoms with van der Waals surface area (Å²) in [6, 6.07) is 22.2. The Kier molecular flexibility index (Phi) is 5.25. The molecular formula is C21H17B2IO2. The van der Waals surface area contributed by atoms with Crippen molar-refractivity contribution in [2.45, 2.75) is 18.6 Å². The molecule has 0 aliphatic carbocycles. The van der Waals surface area contributed by atoms with Crippen LogP contribution in [0.4, 0.5) is 0 Å². The zero-order valence-electron chi connectivity index (χ0n) is 14.3. The fraction of sp³-hybridized carbons (Fsp3) is 0.143. The molecular weight excluding hydrogens is 433 g/mol. The summed E-state index contributed by atoms with van der Waals surface area (Å²) in [6.07, 6.45) is 2.01. The Morgan fingerprint density at radius 3 is 2.54 bits per heavy atom. The summed E-state index contributed by atoms with van der Waals surface area (Å²) < 4.78 is 6.10. The van der Waals surface area contributed by atoms with Crippen LogP contribution in [0.3, 0.4) is 0 Å². The fourth-order valence-corrected chi connectivity index (χ4v) is 4.58. The van der Waals surface area contributed by atoms with Gasteiger partial charge in [-0.15, -0.1) is 0 Å². The van der Waals surface area contributed by atoms with Crippen LogP contribution < -0.4 is 10.2 Å². The molecule has 0 radical (unpaired) electrons. The summed E-state index contributed by atoms with van der Waals surface area (Å²) in [6.45, 7) is 2.22. The van der Waals surface area contributed by atoms with Crippen LogP contribution in [-0.2, 0) is 11.2 Å². The van der Waals surface area contributed by atoms with Crippen molar-refractivity contribution in [3.05, 3.63) is 83.8 Å². The number of fused-ring (bicyclic) bond motifs is 1. The van der Waals surface area contributed by atoms with Gasteiger partial charge in [-0.05, 0) is 0 Å². The van der Waals surface area contributed by atoms with E-state index in [4.69, 9.17) is 4.74 Å². The van der Waals surface area contributed by atoms with Gasteiger partial charge in [-0.1, -0.05) is 0 Å². The van der Waals surface area contributed by atoms with Crippen LogP contribution >= 0.6 is 22.6 Å². The van der Waals surface area contributed by atoms with Crippen molar-refractivity contribution in [3.8, 4) is 11.4 Å². The van der Waals surface area contributed by atoms with Gasteiger partial charge in [-0.3, -0.25) is 0 Å². The Labute approximate surface area is 168 Å². The van der Waals surface area contributed by atoms with Crippen LogP contribution in [-0.4, -0.2) is 17.4 Å². The number of carbonyl (C=O) groups excluding carboxylic acids is 1. The summed E-state index contributed by atoms with van der Waals surface area (Å²) >= 11 is 1.96. The Balaban J connectivity index is 1.60. The van der Waals surface area contributed by atoms with Crippen molar-refractivity contribution in [3.63, 3.8) is 0 Å².